The number of hydrogen-bond acceptors (Lipinski definition) is 2. The average Bonchev–Trinajstić information content (AvgIpc) is 2.67. The molecular weight excluding hydrogens is 188 g/mol. The van der Waals surface area contributed by atoms with E-state index in [1.165, 1.54) is 0 Å². The molecule has 0 aromatic rings. The lowest BCUT2D eigenvalue weighted by Crippen LogP contribution is -2.28. The highest BCUT2D eigenvalue weighted by molar-refractivity contribution is 5.09. The average molecular weight is 208 g/mol. The minimum absolute atomic E-state index is 0.354. The second kappa shape index (κ2) is 6.59. The van der Waals surface area contributed by atoms with Crippen molar-refractivity contribution in [1.29, 1.82) is 0 Å². The fraction of sp³-hybridized carbons (Fsp3) is 0.538. The summed E-state index contributed by atoms with van der Waals surface area (Å²) in [7, 11) is 0. The second-order valence-electron chi connectivity index (χ2n) is 3.61. The van der Waals surface area contributed by atoms with Crippen LogP contribution in [0.3, 0.4) is 0 Å². The minimum Gasteiger partial charge on any atom is -0.347 e. The van der Waals surface area contributed by atoms with Crippen LogP contribution in [-0.4, -0.2) is 19.0 Å². The van der Waals surface area contributed by atoms with Gasteiger partial charge in [-0.15, -0.1) is 0 Å². The lowest BCUT2D eigenvalue weighted by Gasteiger charge is -2.25. The summed E-state index contributed by atoms with van der Waals surface area (Å²) in [5.41, 5.74) is 0. The quantitative estimate of drug-likeness (QED) is 0.624. The van der Waals surface area contributed by atoms with E-state index in [1.807, 2.05) is 18.2 Å². The van der Waals surface area contributed by atoms with E-state index in [0.29, 0.717) is 0 Å². The summed E-state index contributed by atoms with van der Waals surface area (Å²) in [5, 5.41) is 0. The van der Waals surface area contributed by atoms with Crippen molar-refractivity contribution >= 4 is 0 Å². The third-order valence-corrected chi connectivity index (χ3v) is 2.37. The monoisotopic (exact) mass is 208 g/mol. The molecule has 0 N–H and O–H groups in total. The van der Waals surface area contributed by atoms with Crippen LogP contribution in [0.1, 0.15) is 26.2 Å². The maximum Gasteiger partial charge on any atom is 0.171 e. The van der Waals surface area contributed by atoms with Crippen LogP contribution < -0.4 is 0 Å². The van der Waals surface area contributed by atoms with Gasteiger partial charge in [-0.1, -0.05) is 50.3 Å². The van der Waals surface area contributed by atoms with Gasteiger partial charge in [0.25, 0.3) is 0 Å². The van der Waals surface area contributed by atoms with Gasteiger partial charge in [-0.3, -0.25) is 0 Å². The van der Waals surface area contributed by atoms with E-state index >= 15 is 0 Å². The summed E-state index contributed by atoms with van der Waals surface area (Å²) in [6.45, 7) is 7.19. The number of ether oxygens (including phenoxy) is 2. The maximum absolute atomic E-state index is 5.67. The molecule has 1 fully saturated rings. The van der Waals surface area contributed by atoms with Crippen molar-refractivity contribution < 1.29 is 9.47 Å². The van der Waals surface area contributed by atoms with Crippen molar-refractivity contribution in [3.8, 4) is 0 Å². The Kier molecular flexibility index (Phi) is 5.37. The summed E-state index contributed by atoms with van der Waals surface area (Å²) in [6.07, 6.45) is 12.6. The molecule has 1 saturated heterocycles. The van der Waals surface area contributed by atoms with Gasteiger partial charge >= 0.3 is 0 Å². The zero-order valence-electron chi connectivity index (χ0n) is 9.45. The van der Waals surface area contributed by atoms with Crippen molar-refractivity contribution in [2.24, 2.45) is 0 Å². The molecule has 2 heteroatoms. The zero-order valence-corrected chi connectivity index (χ0v) is 9.45. The molecule has 0 atom stereocenters. The van der Waals surface area contributed by atoms with Crippen LogP contribution in [0.5, 0.6) is 0 Å². The van der Waals surface area contributed by atoms with Crippen molar-refractivity contribution in [2.75, 3.05) is 13.2 Å². The molecule has 0 amide bonds. The van der Waals surface area contributed by atoms with Crippen LogP contribution in [0.4, 0.5) is 0 Å². The third kappa shape index (κ3) is 4.02. The summed E-state index contributed by atoms with van der Waals surface area (Å²) in [6, 6.07) is 0. The van der Waals surface area contributed by atoms with E-state index in [9.17, 15) is 0 Å². The topological polar surface area (TPSA) is 18.5 Å². The predicted octanol–water partition coefficient (Wildman–Crippen LogP) is 3.22. The van der Waals surface area contributed by atoms with Gasteiger partial charge in [-0.05, 0) is 0 Å². The van der Waals surface area contributed by atoms with Crippen molar-refractivity contribution in [1.82, 2.24) is 0 Å². The lowest BCUT2D eigenvalue weighted by atomic mass is 10.1. The Morgan fingerprint density at radius 2 is 1.93 bits per heavy atom. The first-order chi connectivity index (χ1) is 7.33. The fourth-order valence-electron chi connectivity index (χ4n) is 1.71. The lowest BCUT2D eigenvalue weighted by molar-refractivity contribution is -0.159. The van der Waals surface area contributed by atoms with Crippen LogP contribution in [0.15, 0.2) is 37.0 Å². The predicted molar refractivity (Wildman–Crippen MR) is 62.6 cm³/mol. The highest BCUT2D eigenvalue weighted by Gasteiger charge is 2.33. The Bertz CT molecular complexity index is 235. The Morgan fingerprint density at radius 1 is 1.20 bits per heavy atom. The van der Waals surface area contributed by atoms with Crippen LogP contribution in [0.2, 0.25) is 0 Å². The first-order valence-corrected chi connectivity index (χ1v) is 5.55. The molecule has 0 spiro atoms. The van der Waals surface area contributed by atoms with Gasteiger partial charge in [0.2, 0.25) is 0 Å². The van der Waals surface area contributed by atoms with Crippen molar-refractivity contribution in [3.05, 3.63) is 37.0 Å². The van der Waals surface area contributed by atoms with Gasteiger partial charge in [-0.25, -0.2) is 0 Å². The zero-order chi connectivity index (χ0) is 11.0. The molecule has 0 radical (unpaired) electrons. The fourth-order valence-corrected chi connectivity index (χ4v) is 1.71. The van der Waals surface area contributed by atoms with E-state index in [4.69, 9.17) is 9.47 Å². The molecule has 1 aliphatic heterocycles. The third-order valence-electron chi connectivity index (χ3n) is 2.37. The molecule has 1 rings (SSSR count). The van der Waals surface area contributed by atoms with E-state index in [1.54, 1.807) is 6.08 Å². The molecule has 0 aliphatic carbocycles. The number of allylic oxidation sites excluding steroid dienone is 4. The molecule has 84 valence electrons. The van der Waals surface area contributed by atoms with Crippen molar-refractivity contribution in [2.45, 2.75) is 32.0 Å². The Labute approximate surface area is 92.3 Å². The largest absolute Gasteiger partial charge is 0.347 e. The van der Waals surface area contributed by atoms with Crippen LogP contribution in [0, 0.1) is 0 Å². The molecule has 0 unspecified atom stereocenters. The molecule has 15 heavy (non-hydrogen) atoms. The highest BCUT2D eigenvalue weighted by Crippen LogP contribution is 2.28. The van der Waals surface area contributed by atoms with Crippen LogP contribution in [0.25, 0.3) is 0 Å². The maximum atomic E-state index is 5.67. The second-order valence-corrected chi connectivity index (χ2v) is 3.61. The SMILES string of the molecule is C=C/C=C/C=C/CC1(CCC)OCCO1. The summed E-state index contributed by atoms with van der Waals surface area (Å²) in [5.74, 6) is -0.354. The Hall–Kier alpha value is -0.860. The summed E-state index contributed by atoms with van der Waals surface area (Å²) in [4.78, 5) is 0. The van der Waals surface area contributed by atoms with Gasteiger partial charge in [0, 0.05) is 12.8 Å². The van der Waals surface area contributed by atoms with Crippen molar-refractivity contribution in [3.63, 3.8) is 0 Å². The van der Waals surface area contributed by atoms with E-state index in [-0.39, 0.29) is 5.79 Å². The van der Waals surface area contributed by atoms with Gasteiger partial charge in [0.1, 0.15) is 0 Å². The molecule has 1 aliphatic rings. The molecule has 2 nitrogen and oxygen atoms in total. The molecule has 0 bridgehead atoms. The molecular formula is C13H20O2. The van der Waals surface area contributed by atoms with Gasteiger partial charge in [0.15, 0.2) is 5.79 Å². The van der Waals surface area contributed by atoms with Crippen LogP contribution in [-0.2, 0) is 9.47 Å². The van der Waals surface area contributed by atoms with Gasteiger partial charge < -0.3 is 9.47 Å². The van der Waals surface area contributed by atoms with Gasteiger partial charge in [-0.2, -0.15) is 0 Å². The van der Waals surface area contributed by atoms with E-state index in [0.717, 1.165) is 32.5 Å². The van der Waals surface area contributed by atoms with Crippen LogP contribution >= 0.6 is 0 Å². The molecule has 1 heterocycles. The number of hydrogen-bond donors (Lipinski definition) is 0. The van der Waals surface area contributed by atoms with E-state index in [2.05, 4.69) is 19.6 Å². The molecule has 0 aromatic carbocycles. The normalized spacial score (nSPS) is 20.3. The van der Waals surface area contributed by atoms with Gasteiger partial charge in [0.05, 0.1) is 13.2 Å². The minimum atomic E-state index is -0.354. The molecule has 0 saturated carbocycles. The summed E-state index contributed by atoms with van der Waals surface area (Å²) >= 11 is 0. The summed E-state index contributed by atoms with van der Waals surface area (Å²) < 4.78 is 11.3. The first kappa shape index (κ1) is 12.2. The molecule has 0 aromatic heterocycles. The Morgan fingerprint density at radius 3 is 2.53 bits per heavy atom. The first-order valence-electron chi connectivity index (χ1n) is 5.55. The smallest absolute Gasteiger partial charge is 0.171 e. The standard InChI is InChI=1S/C13H20O2/c1-3-5-6-7-8-10-13(9-4-2)14-11-12-15-13/h3,5-8H,1,4,9-12H2,2H3/b6-5+,8-7+. The Balaban J connectivity index is 2.41. The number of rotatable bonds is 6. The van der Waals surface area contributed by atoms with E-state index < -0.39 is 0 Å². The highest BCUT2D eigenvalue weighted by atomic mass is 16.7.